The average Bonchev–Trinajstić information content (AvgIpc) is 2.52. The molecule has 21 heavy (non-hydrogen) atoms. The Morgan fingerprint density at radius 1 is 1.38 bits per heavy atom. The Kier molecular flexibility index (Phi) is 5.30. The fourth-order valence-corrected chi connectivity index (χ4v) is 2.20. The first kappa shape index (κ1) is 15.5. The molecule has 114 valence electrons. The number of aliphatic hydroxyl groups excluding tert-OH is 1. The van der Waals surface area contributed by atoms with E-state index in [1.165, 1.54) is 0 Å². The van der Waals surface area contributed by atoms with E-state index >= 15 is 0 Å². The van der Waals surface area contributed by atoms with Crippen LogP contribution in [0.25, 0.3) is 0 Å². The van der Waals surface area contributed by atoms with Gasteiger partial charge in [0.15, 0.2) is 0 Å². The van der Waals surface area contributed by atoms with Gasteiger partial charge >= 0.3 is 0 Å². The third-order valence-corrected chi connectivity index (χ3v) is 3.47. The minimum Gasteiger partial charge on any atom is -0.394 e. The molecule has 1 saturated heterocycles. The summed E-state index contributed by atoms with van der Waals surface area (Å²) in [7, 11) is 0. The van der Waals surface area contributed by atoms with E-state index in [0.717, 1.165) is 5.56 Å². The molecule has 1 aromatic carbocycles. The van der Waals surface area contributed by atoms with Crippen molar-refractivity contribution in [2.45, 2.75) is 13.0 Å². The molecule has 1 fully saturated rings. The number of nitrogens with zero attached hydrogens (tertiary/aromatic N) is 1. The van der Waals surface area contributed by atoms with Crippen LogP contribution in [0.3, 0.4) is 0 Å². The Labute approximate surface area is 123 Å². The van der Waals surface area contributed by atoms with E-state index in [-0.39, 0.29) is 31.0 Å². The lowest BCUT2D eigenvalue weighted by molar-refractivity contribution is -0.140. The van der Waals surface area contributed by atoms with E-state index in [9.17, 15) is 14.7 Å². The lowest BCUT2D eigenvalue weighted by atomic mass is 10.1. The van der Waals surface area contributed by atoms with Crippen LogP contribution in [0.2, 0.25) is 0 Å². The molecular weight excluding hydrogens is 272 g/mol. The van der Waals surface area contributed by atoms with Gasteiger partial charge in [-0.2, -0.15) is 0 Å². The van der Waals surface area contributed by atoms with Gasteiger partial charge in [0.25, 0.3) is 5.91 Å². The molecular formula is C15H20N2O4. The summed E-state index contributed by atoms with van der Waals surface area (Å²) in [5.41, 5.74) is 1.59. The van der Waals surface area contributed by atoms with E-state index in [0.29, 0.717) is 25.3 Å². The summed E-state index contributed by atoms with van der Waals surface area (Å²) in [6, 6.07) is 6.81. The summed E-state index contributed by atoms with van der Waals surface area (Å²) in [6.45, 7) is 2.94. The Morgan fingerprint density at radius 2 is 2.10 bits per heavy atom. The molecule has 0 saturated carbocycles. The molecule has 6 nitrogen and oxygen atoms in total. The molecule has 1 aliphatic heterocycles. The van der Waals surface area contributed by atoms with Crippen molar-refractivity contribution in [2.24, 2.45) is 0 Å². The van der Waals surface area contributed by atoms with Crippen molar-refractivity contribution in [3.05, 3.63) is 35.4 Å². The minimum atomic E-state index is -0.331. The molecule has 2 rings (SSSR count). The molecule has 1 heterocycles. The summed E-state index contributed by atoms with van der Waals surface area (Å²) in [4.78, 5) is 25.6. The fourth-order valence-electron chi connectivity index (χ4n) is 2.20. The van der Waals surface area contributed by atoms with Crippen LogP contribution in [0.15, 0.2) is 24.3 Å². The highest BCUT2D eigenvalue weighted by atomic mass is 16.5. The number of hydrogen-bond acceptors (Lipinski definition) is 4. The molecule has 2 N–H and O–H groups in total. The third kappa shape index (κ3) is 4.03. The Balaban J connectivity index is 1.88. The summed E-state index contributed by atoms with van der Waals surface area (Å²) in [5, 5.41) is 11.8. The maximum atomic E-state index is 12.1. The first-order valence-electron chi connectivity index (χ1n) is 6.94. The van der Waals surface area contributed by atoms with Gasteiger partial charge in [0.05, 0.1) is 32.4 Å². The number of carbonyl (C=O) groups is 2. The number of aryl methyl sites for hydroxylation is 1. The van der Waals surface area contributed by atoms with Gasteiger partial charge in [0, 0.05) is 12.1 Å². The van der Waals surface area contributed by atoms with Crippen molar-refractivity contribution in [3.63, 3.8) is 0 Å². The molecule has 2 amide bonds. The van der Waals surface area contributed by atoms with E-state index < -0.39 is 0 Å². The van der Waals surface area contributed by atoms with Crippen LogP contribution >= 0.6 is 0 Å². The summed E-state index contributed by atoms with van der Waals surface area (Å²) in [5.74, 6) is -0.491. The van der Waals surface area contributed by atoms with E-state index in [4.69, 9.17) is 4.74 Å². The van der Waals surface area contributed by atoms with Gasteiger partial charge in [-0.25, -0.2) is 0 Å². The number of hydrogen-bond donors (Lipinski definition) is 2. The second kappa shape index (κ2) is 7.19. The summed E-state index contributed by atoms with van der Waals surface area (Å²) in [6.07, 6.45) is 0. The Morgan fingerprint density at radius 3 is 2.76 bits per heavy atom. The van der Waals surface area contributed by atoms with Crippen LogP contribution < -0.4 is 5.32 Å². The Bertz CT molecular complexity index is 501. The molecule has 1 aromatic rings. The fraction of sp³-hybridized carbons (Fsp3) is 0.467. The first-order valence-corrected chi connectivity index (χ1v) is 6.94. The third-order valence-electron chi connectivity index (χ3n) is 3.47. The maximum absolute atomic E-state index is 12.1. The monoisotopic (exact) mass is 292 g/mol. The van der Waals surface area contributed by atoms with Crippen molar-refractivity contribution in [1.29, 1.82) is 0 Å². The zero-order valence-electron chi connectivity index (χ0n) is 12.0. The SMILES string of the molecule is Cc1ccc(C(=O)NCC(=O)N2CCOCC2CO)cc1. The van der Waals surface area contributed by atoms with Crippen LogP contribution in [-0.4, -0.2) is 60.8 Å². The smallest absolute Gasteiger partial charge is 0.251 e. The van der Waals surface area contributed by atoms with Crippen molar-refractivity contribution in [3.8, 4) is 0 Å². The molecule has 1 unspecified atom stereocenters. The highest BCUT2D eigenvalue weighted by molar-refractivity contribution is 5.96. The van der Waals surface area contributed by atoms with Gasteiger partial charge in [-0.3, -0.25) is 9.59 Å². The van der Waals surface area contributed by atoms with Crippen LogP contribution in [-0.2, 0) is 9.53 Å². The number of benzene rings is 1. The quantitative estimate of drug-likeness (QED) is 0.815. The van der Waals surface area contributed by atoms with Gasteiger partial charge < -0.3 is 20.1 Å². The van der Waals surface area contributed by atoms with Gasteiger partial charge in [0.1, 0.15) is 0 Å². The molecule has 1 aliphatic rings. The Hall–Kier alpha value is -1.92. The van der Waals surface area contributed by atoms with Crippen molar-refractivity contribution in [1.82, 2.24) is 10.2 Å². The van der Waals surface area contributed by atoms with Crippen LogP contribution in [0.4, 0.5) is 0 Å². The van der Waals surface area contributed by atoms with Crippen molar-refractivity contribution >= 4 is 11.8 Å². The average molecular weight is 292 g/mol. The summed E-state index contributed by atoms with van der Waals surface area (Å²) < 4.78 is 5.22. The first-order chi connectivity index (χ1) is 10.1. The number of amides is 2. The lowest BCUT2D eigenvalue weighted by Crippen LogP contribution is -2.53. The van der Waals surface area contributed by atoms with Gasteiger partial charge in [-0.15, -0.1) is 0 Å². The highest BCUT2D eigenvalue weighted by Crippen LogP contribution is 2.07. The lowest BCUT2D eigenvalue weighted by Gasteiger charge is -2.34. The van der Waals surface area contributed by atoms with Gasteiger partial charge in [0.2, 0.25) is 5.91 Å². The standard InChI is InChI=1S/C15H20N2O4/c1-11-2-4-12(5-3-11)15(20)16-8-14(19)17-6-7-21-10-13(17)9-18/h2-5,13,18H,6-10H2,1H3,(H,16,20). The molecule has 0 aromatic heterocycles. The normalized spacial score (nSPS) is 18.4. The predicted molar refractivity (Wildman–Crippen MR) is 76.9 cm³/mol. The maximum Gasteiger partial charge on any atom is 0.251 e. The van der Waals surface area contributed by atoms with Crippen molar-refractivity contribution in [2.75, 3.05) is 32.9 Å². The van der Waals surface area contributed by atoms with Gasteiger partial charge in [-0.05, 0) is 19.1 Å². The van der Waals surface area contributed by atoms with Crippen LogP contribution in [0.1, 0.15) is 15.9 Å². The van der Waals surface area contributed by atoms with Crippen LogP contribution in [0, 0.1) is 6.92 Å². The van der Waals surface area contributed by atoms with Crippen molar-refractivity contribution < 1.29 is 19.4 Å². The van der Waals surface area contributed by atoms with E-state index in [1.807, 2.05) is 19.1 Å². The van der Waals surface area contributed by atoms with Gasteiger partial charge in [-0.1, -0.05) is 17.7 Å². The van der Waals surface area contributed by atoms with Crippen LogP contribution in [0.5, 0.6) is 0 Å². The number of carbonyl (C=O) groups excluding carboxylic acids is 2. The largest absolute Gasteiger partial charge is 0.394 e. The number of morpholine rings is 1. The second-order valence-corrected chi connectivity index (χ2v) is 5.05. The molecule has 0 bridgehead atoms. The zero-order chi connectivity index (χ0) is 15.2. The van der Waals surface area contributed by atoms with E-state index in [1.54, 1.807) is 17.0 Å². The summed E-state index contributed by atoms with van der Waals surface area (Å²) >= 11 is 0. The second-order valence-electron chi connectivity index (χ2n) is 5.05. The highest BCUT2D eigenvalue weighted by Gasteiger charge is 2.26. The molecule has 0 aliphatic carbocycles. The molecule has 6 heteroatoms. The number of aliphatic hydroxyl groups is 1. The molecule has 1 atom stereocenters. The number of ether oxygens (including phenoxy) is 1. The number of nitrogens with one attached hydrogen (secondary N) is 1. The predicted octanol–water partition coefficient (Wildman–Crippen LogP) is -0.0555. The molecule has 0 spiro atoms. The minimum absolute atomic E-state index is 0.0801. The topological polar surface area (TPSA) is 78.9 Å². The number of rotatable bonds is 4. The van der Waals surface area contributed by atoms with E-state index in [2.05, 4.69) is 5.32 Å². The molecule has 0 radical (unpaired) electrons. The zero-order valence-corrected chi connectivity index (χ0v) is 12.0.